The molecular formula is C32H59NO7. The van der Waals surface area contributed by atoms with Crippen LogP contribution in [0.5, 0.6) is 0 Å². The fraction of sp³-hybridized carbons (Fsp3) is 0.969. The number of ether oxygens (including phenoxy) is 5. The summed E-state index contributed by atoms with van der Waals surface area (Å²) in [5, 5.41) is 9.67. The second-order valence-corrected chi connectivity index (χ2v) is 13.0. The van der Waals surface area contributed by atoms with Gasteiger partial charge >= 0.3 is 0 Å². The summed E-state index contributed by atoms with van der Waals surface area (Å²) in [7, 11) is 0. The first-order valence-electron chi connectivity index (χ1n) is 16.4. The maximum absolute atomic E-state index is 13.1. The Bertz CT molecular complexity index is 730. The zero-order valence-corrected chi connectivity index (χ0v) is 26.2. The summed E-state index contributed by atoms with van der Waals surface area (Å²) in [5.41, 5.74) is 0. The van der Waals surface area contributed by atoms with Gasteiger partial charge < -0.3 is 33.7 Å². The van der Waals surface area contributed by atoms with Crippen LogP contribution >= 0.6 is 0 Å². The lowest BCUT2D eigenvalue weighted by Gasteiger charge is -2.39. The summed E-state index contributed by atoms with van der Waals surface area (Å²) in [6, 6.07) is 0. The zero-order chi connectivity index (χ0) is 29.0. The number of hydrogen-bond donors (Lipinski definition) is 1. The summed E-state index contributed by atoms with van der Waals surface area (Å²) in [5.74, 6) is -1.51. The molecule has 0 aliphatic carbocycles. The Morgan fingerprint density at radius 1 is 0.675 bits per heavy atom. The molecule has 1 N–H and O–H groups in total. The second-order valence-electron chi connectivity index (χ2n) is 13.0. The Balaban J connectivity index is 1.31. The van der Waals surface area contributed by atoms with E-state index in [-0.39, 0.29) is 37.4 Å². The van der Waals surface area contributed by atoms with Crippen molar-refractivity contribution < 1.29 is 33.6 Å². The lowest BCUT2D eigenvalue weighted by atomic mass is 9.98. The van der Waals surface area contributed by atoms with Gasteiger partial charge in [0.05, 0.1) is 6.61 Å². The van der Waals surface area contributed by atoms with Crippen LogP contribution in [0.15, 0.2) is 0 Å². The molecule has 0 aromatic rings. The average molecular weight is 570 g/mol. The van der Waals surface area contributed by atoms with Crippen LogP contribution in [0.4, 0.5) is 0 Å². The third-order valence-corrected chi connectivity index (χ3v) is 8.37. The Morgan fingerprint density at radius 3 is 1.70 bits per heavy atom. The summed E-state index contributed by atoms with van der Waals surface area (Å²) < 4.78 is 30.7. The van der Waals surface area contributed by atoms with E-state index in [4.69, 9.17) is 23.7 Å². The molecule has 1 amide bonds. The van der Waals surface area contributed by atoms with E-state index in [9.17, 15) is 9.90 Å². The van der Waals surface area contributed by atoms with Crippen molar-refractivity contribution in [3.05, 3.63) is 0 Å². The number of carbonyl (C=O) groups is 1. The highest BCUT2D eigenvalue weighted by atomic mass is 16.9. The highest BCUT2D eigenvalue weighted by Crippen LogP contribution is 2.44. The SMILES string of the molecule is CCCCCCCCCCCCCCCCCC(=O)N(CCO)C[C@H]1O[C@@H]2OC(C)(C)O[C@@H]2[C@H]2OC(C)(C)O[C@H]21. The van der Waals surface area contributed by atoms with Crippen LogP contribution in [0.2, 0.25) is 0 Å². The van der Waals surface area contributed by atoms with E-state index in [1.54, 1.807) is 4.90 Å². The van der Waals surface area contributed by atoms with Crippen LogP contribution in [0.1, 0.15) is 137 Å². The molecule has 0 unspecified atom stereocenters. The number of hydrogen-bond acceptors (Lipinski definition) is 7. The van der Waals surface area contributed by atoms with Crippen molar-refractivity contribution in [2.45, 2.75) is 180 Å². The van der Waals surface area contributed by atoms with E-state index in [2.05, 4.69) is 6.92 Å². The van der Waals surface area contributed by atoms with Crippen LogP contribution in [0.25, 0.3) is 0 Å². The highest BCUT2D eigenvalue weighted by molar-refractivity contribution is 5.76. The van der Waals surface area contributed by atoms with Gasteiger partial charge in [0.1, 0.15) is 24.4 Å². The topological polar surface area (TPSA) is 86.7 Å². The molecule has 8 nitrogen and oxygen atoms in total. The van der Waals surface area contributed by atoms with E-state index in [1.807, 2.05) is 27.7 Å². The molecule has 0 spiro atoms. The van der Waals surface area contributed by atoms with Gasteiger partial charge in [0.25, 0.3) is 0 Å². The predicted molar refractivity (Wildman–Crippen MR) is 156 cm³/mol. The van der Waals surface area contributed by atoms with Crippen molar-refractivity contribution in [2.24, 2.45) is 0 Å². The first-order valence-corrected chi connectivity index (χ1v) is 16.4. The Kier molecular flexibility index (Phi) is 14.1. The number of carbonyl (C=O) groups excluding carboxylic acids is 1. The number of amides is 1. The van der Waals surface area contributed by atoms with Crippen LogP contribution in [-0.2, 0) is 28.5 Å². The number of unbranched alkanes of at least 4 members (excludes halogenated alkanes) is 14. The molecule has 0 radical (unpaired) electrons. The van der Waals surface area contributed by atoms with Crippen LogP contribution in [-0.4, -0.2) is 77.9 Å². The molecule has 0 saturated carbocycles. The van der Waals surface area contributed by atoms with E-state index in [0.29, 0.717) is 13.0 Å². The normalized spacial score (nSPS) is 28.4. The maximum atomic E-state index is 13.1. The second kappa shape index (κ2) is 16.8. The van der Waals surface area contributed by atoms with Crippen molar-refractivity contribution in [3.8, 4) is 0 Å². The summed E-state index contributed by atoms with van der Waals surface area (Å²) in [4.78, 5) is 14.8. The van der Waals surface area contributed by atoms with Crippen LogP contribution in [0.3, 0.4) is 0 Å². The number of fused-ring (bicyclic) bond motifs is 3. The van der Waals surface area contributed by atoms with Gasteiger partial charge in [-0.3, -0.25) is 4.79 Å². The van der Waals surface area contributed by atoms with Crippen molar-refractivity contribution in [1.29, 1.82) is 0 Å². The first-order chi connectivity index (χ1) is 19.2. The maximum Gasteiger partial charge on any atom is 0.222 e. The van der Waals surface area contributed by atoms with Gasteiger partial charge in [-0.15, -0.1) is 0 Å². The number of aliphatic hydroxyl groups is 1. The minimum atomic E-state index is -0.779. The molecule has 3 aliphatic rings. The van der Waals surface area contributed by atoms with Crippen molar-refractivity contribution in [2.75, 3.05) is 19.7 Å². The number of rotatable bonds is 20. The van der Waals surface area contributed by atoms with E-state index in [0.717, 1.165) is 12.8 Å². The van der Waals surface area contributed by atoms with Crippen molar-refractivity contribution in [1.82, 2.24) is 4.90 Å². The lowest BCUT2D eigenvalue weighted by molar-refractivity contribution is -0.236. The van der Waals surface area contributed by atoms with Gasteiger partial charge in [-0.2, -0.15) is 0 Å². The third kappa shape index (κ3) is 10.8. The molecule has 3 saturated heterocycles. The number of nitrogens with zero attached hydrogens (tertiary/aromatic N) is 1. The smallest absolute Gasteiger partial charge is 0.222 e. The Labute approximate surface area is 243 Å². The monoisotopic (exact) mass is 569 g/mol. The molecule has 0 aromatic carbocycles. The molecule has 0 aromatic heterocycles. The summed E-state index contributed by atoms with van der Waals surface area (Å²) >= 11 is 0. The van der Waals surface area contributed by atoms with Crippen molar-refractivity contribution >= 4 is 5.91 Å². The number of aliphatic hydroxyl groups excluding tert-OH is 1. The zero-order valence-electron chi connectivity index (χ0n) is 26.2. The molecule has 0 bridgehead atoms. The fourth-order valence-electron chi connectivity index (χ4n) is 6.30. The van der Waals surface area contributed by atoms with Crippen LogP contribution < -0.4 is 0 Å². The molecule has 3 aliphatic heterocycles. The summed E-state index contributed by atoms with van der Waals surface area (Å²) in [6.07, 6.45) is 17.8. The van der Waals surface area contributed by atoms with Gasteiger partial charge in [-0.1, -0.05) is 96.8 Å². The van der Waals surface area contributed by atoms with Gasteiger partial charge in [-0.25, -0.2) is 0 Å². The average Bonchev–Trinajstić information content (AvgIpc) is 3.39. The predicted octanol–water partition coefficient (Wildman–Crippen LogP) is 6.47. The van der Waals surface area contributed by atoms with Gasteiger partial charge in [-0.05, 0) is 34.1 Å². The summed E-state index contributed by atoms with van der Waals surface area (Å²) in [6.45, 7) is 10.3. The van der Waals surface area contributed by atoms with E-state index >= 15 is 0 Å². The van der Waals surface area contributed by atoms with Gasteiger partial charge in [0.15, 0.2) is 17.9 Å². The molecule has 3 heterocycles. The standard InChI is InChI=1S/C32H59NO7/c1-6-7-8-9-10-11-12-13-14-15-16-17-18-19-20-21-26(35)33(22-23-34)24-25-27-28(38-31(2,3)37-27)29-30(36-25)40-32(4,5)39-29/h25,27-30,34H,6-24H2,1-5H3/t25-,27+,28+,29-,30-/m1/s1. The Hall–Kier alpha value is -0.770. The quantitative estimate of drug-likeness (QED) is 0.168. The van der Waals surface area contributed by atoms with Gasteiger partial charge in [0, 0.05) is 19.5 Å². The largest absolute Gasteiger partial charge is 0.395 e. The van der Waals surface area contributed by atoms with Crippen LogP contribution in [0, 0.1) is 0 Å². The third-order valence-electron chi connectivity index (χ3n) is 8.37. The highest BCUT2D eigenvalue weighted by Gasteiger charge is 2.60. The molecule has 3 fully saturated rings. The Morgan fingerprint density at radius 2 is 1.15 bits per heavy atom. The van der Waals surface area contributed by atoms with E-state index < -0.39 is 24.0 Å². The van der Waals surface area contributed by atoms with Gasteiger partial charge in [0.2, 0.25) is 5.91 Å². The lowest BCUT2D eigenvalue weighted by Crippen LogP contribution is -2.58. The first kappa shape index (κ1) is 33.7. The molecule has 8 heteroatoms. The molecule has 40 heavy (non-hydrogen) atoms. The molecular weight excluding hydrogens is 510 g/mol. The fourth-order valence-corrected chi connectivity index (χ4v) is 6.30. The van der Waals surface area contributed by atoms with Crippen molar-refractivity contribution in [3.63, 3.8) is 0 Å². The van der Waals surface area contributed by atoms with E-state index in [1.165, 1.54) is 83.5 Å². The minimum absolute atomic E-state index is 0.0492. The molecule has 234 valence electrons. The molecule has 5 atom stereocenters. The minimum Gasteiger partial charge on any atom is -0.395 e. The molecule has 3 rings (SSSR count).